The first-order valence-electron chi connectivity index (χ1n) is 13.9. The van der Waals surface area contributed by atoms with E-state index in [9.17, 15) is 8.42 Å². The Balaban J connectivity index is 1.28. The van der Waals surface area contributed by atoms with Gasteiger partial charge in [-0.15, -0.1) is 0 Å². The number of hydrogen-bond donors (Lipinski definition) is 2. The number of ether oxygens (including phenoxy) is 1. The molecular weight excluding hydrogens is 540 g/mol. The van der Waals surface area contributed by atoms with Crippen LogP contribution in [0.15, 0.2) is 42.9 Å². The summed E-state index contributed by atoms with van der Waals surface area (Å²) in [6.07, 6.45) is 8.24. The Kier molecular flexibility index (Phi) is 7.16. The summed E-state index contributed by atoms with van der Waals surface area (Å²) < 4.78 is 31.0. The van der Waals surface area contributed by atoms with Gasteiger partial charge in [0.05, 0.1) is 36.3 Å². The van der Waals surface area contributed by atoms with Gasteiger partial charge in [0, 0.05) is 55.0 Å². The number of benzene rings is 1. The first-order valence-corrected chi connectivity index (χ1v) is 16.0. The van der Waals surface area contributed by atoms with Crippen molar-refractivity contribution >= 4 is 37.9 Å². The number of aromatic nitrogens is 5. The summed E-state index contributed by atoms with van der Waals surface area (Å²) in [7, 11) is -1.38. The monoisotopic (exact) mass is 576 g/mol. The molecule has 4 aromatic rings. The predicted molar refractivity (Wildman–Crippen MR) is 160 cm³/mol. The third kappa shape index (κ3) is 5.27. The van der Waals surface area contributed by atoms with Crippen molar-refractivity contribution in [1.82, 2.24) is 24.7 Å². The van der Waals surface area contributed by atoms with Crippen LogP contribution in [-0.4, -0.2) is 71.6 Å². The molecule has 6 rings (SSSR count). The van der Waals surface area contributed by atoms with Crippen molar-refractivity contribution in [3.8, 4) is 11.4 Å². The van der Waals surface area contributed by atoms with Gasteiger partial charge in [0.25, 0.3) is 0 Å². The number of sulfone groups is 1. The van der Waals surface area contributed by atoms with Gasteiger partial charge in [-0.25, -0.2) is 23.4 Å². The van der Waals surface area contributed by atoms with E-state index in [1.165, 1.54) is 11.8 Å². The SMILES string of the molecule is COCC1CCc2c(-c3nccc(Nc4cc5c(C(C)C)ccc(N6C[C@H](CS(C)(=O)=O)[C@H]6N)c5cn4)n3)cnn21. The number of methoxy groups -OCH3 is 1. The zero-order chi connectivity index (χ0) is 28.9. The highest BCUT2D eigenvalue weighted by molar-refractivity contribution is 7.90. The van der Waals surface area contributed by atoms with E-state index in [0.717, 1.165) is 40.6 Å². The van der Waals surface area contributed by atoms with Crippen molar-refractivity contribution in [3.05, 3.63) is 54.1 Å². The van der Waals surface area contributed by atoms with E-state index < -0.39 is 9.84 Å². The second-order valence-electron chi connectivity index (χ2n) is 11.4. The fourth-order valence-corrected chi connectivity index (χ4v) is 7.15. The van der Waals surface area contributed by atoms with Gasteiger partial charge in [-0.3, -0.25) is 4.68 Å². The van der Waals surface area contributed by atoms with Gasteiger partial charge in [-0.2, -0.15) is 5.10 Å². The molecule has 2 aliphatic heterocycles. The molecule has 2 aliphatic rings. The quantitative estimate of drug-likeness (QED) is 0.303. The summed E-state index contributed by atoms with van der Waals surface area (Å²) in [6.45, 7) is 5.56. The van der Waals surface area contributed by atoms with Crippen molar-refractivity contribution in [1.29, 1.82) is 0 Å². The smallest absolute Gasteiger partial charge is 0.164 e. The molecule has 41 heavy (non-hydrogen) atoms. The fourth-order valence-electron chi connectivity index (χ4n) is 6.07. The number of anilines is 3. The lowest BCUT2D eigenvalue weighted by Crippen LogP contribution is -2.63. The van der Waals surface area contributed by atoms with Crippen LogP contribution in [0.2, 0.25) is 0 Å². The molecule has 1 saturated heterocycles. The lowest BCUT2D eigenvalue weighted by atomic mass is 9.92. The van der Waals surface area contributed by atoms with E-state index in [2.05, 4.69) is 46.3 Å². The summed E-state index contributed by atoms with van der Waals surface area (Å²) in [4.78, 5) is 16.1. The normalized spacial score (nSPS) is 20.4. The van der Waals surface area contributed by atoms with Crippen molar-refractivity contribution in [2.75, 3.05) is 42.5 Å². The molecule has 0 aliphatic carbocycles. The number of hydrogen-bond acceptors (Lipinski definition) is 10. The average Bonchev–Trinajstić information content (AvgIpc) is 3.53. The molecule has 11 nitrogen and oxygen atoms in total. The minimum absolute atomic E-state index is 0.0891. The Morgan fingerprint density at radius 2 is 1.98 bits per heavy atom. The van der Waals surface area contributed by atoms with Crippen LogP contribution in [0.4, 0.5) is 17.3 Å². The van der Waals surface area contributed by atoms with E-state index in [1.54, 1.807) is 13.3 Å². The number of nitrogens with one attached hydrogen (secondary N) is 1. The van der Waals surface area contributed by atoms with E-state index in [4.69, 9.17) is 20.4 Å². The van der Waals surface area contributed by atoms with Crippen LogP contribution in [-0.2, 0) is 21.0 Å². The Labute approximate surface area is 240 Å². The van der Waals surface area contributed by atoms with Gasteiger partial charge in [0.15, 0.2) is 5.82 Å². The summed E-state index contributed by atoms with van der Waals surface area (Å²) in [5.41, 5.74) is 10.7. The average molecular weight is 577 g/mol. The van der Waals surface area contributed by atoms with Crippen LogP contribution < -0.4 is 16.0 Å². The van der Waals surface area contributed by atoms with E-state index >= 15 is 0 Å². The van der Waals surface area contributed by atoms with Crippen LogP contribution in [0.5, 0.6) is 0 Å². The molecule has 1 fully saturated rings. The molecule has 12 heteroatoms. The Morgan fingerprint density at radius 3 is 2.71 bits per heavy atom. The van der Waals surface area contributed by atoms with Crippen molar-refractivity contribution in [3.63, 3.8) is 0 Å². The number of rotatable bonds is 9. The second-order valence-corrected chi connectivity index (χ2v) is 13.6. The molecule has 3 N–H and O–H groups in total. The molecule has 1 unspecified atom stereocenters. The van der Waals surface area contributed by atoms with Gasteiger partial charge >= 0.3 is 0 Å². The molecule has 5 heterocycles. The van der Waals surface area contributed by atoms with Crippen LogP contribution >= 0.6 is 0 Å². The standard InChI is InChI=1S/C29H36N8O3S/c1-17(2)20-6-8-24(36-14-18(28(36)30)16-41(4,38)39)22-12-32-27(11-21(20)22)34-26-9-10-31-29(35-26)23-13-33-37-19(15-40-3)5-7-25(23)37/h6,8-13,17-19,28H,5,7,14-16,30H2,1-4H3,(H,31,32,34,35)/t18-,19?,28+/m1/s1. The number of fused-ring (bicyclic) bond motifs is 2. The van der Waals surface area contributed by atoms with Crippen LogP contribution in [0.3, 0.4) is 0 Å². The highest BCUT2D eigenvalue weighted by atomic mass is 32.2. The largest absolute Gasteiger partial charge is 0.382 e. The Bertz CT molecular complexity index is 1700. The highest BCUT2D eigenvalue weighted by Crippen LogP contribution is 2.39. The Morgan fingerprint density at radius 1 is 1.15 bits per heavy atom. The zero-order valence-electron chi connectivity index (χ0n) is 23.8. The van der Waals surface area contributed by atoms with Gasteiger partial charge < -0.3 is 20.7 Å². The highest BCUT2D eigenvalue weighted by Gasteiger charge is 2.39. The topological polar surface area (TPSA) is 141 Å². The summed E-state index contributed by atoms with van der Waals surface area (Å²) in [5, 5.41) is 10.0. The molecule has 0 saturated carbocycles. The third-order valence-electron chi connectivity index (χ3n) is 8.10. The second kappa shape index (κ2) is 10.7. The van der Waals surface area contributed by atoms with E-state index in [0.29, 0.717) is 36.5 Å². The number of nitrogens with two attached hydrogens (primary N) is 1. The molecule has 3 aromatic heterocycles. The maximum atomic E-state index is 11.8. The lowest BCUT2D eigenvalue weighted by Gasteiger charge is -2.47. The molecule has 0 spiro atoms. The molecule has 0 amide bonds. The predicted octanol–water partition coefficient (Wildman–Crippen LogP) is 3.65. The van der Waals surface area contributed by atoms with Crippen LogP contribution in [0, 0.1) is 5.92 Å². The van der Waals surface area contributed by atoms with Crippen molar-refractivity contribution in [2.24, 2.45) is 11.7 Å². The molecule has 1 aromatic carbocycles. The van der Waals surface area contributed by atoms with Crippen LogP contribution in [0.25, 0.3) is 22.2 Å². The molecule has 0 bridgehead atoms. The van der Waals surface area contributed by atoms with Crippen LogP contribution in [0.1, 0.15) is 43.5 Å². The van der Waals surface area contributed by atoms with Gasteiger partial charge in [-0.1, -0.05) is 19.9 Å². The van der Waals surface area contributed by atoms with Crippen molar-refractivity contribution in [2.45, 2.75) is 44.8 Å². The van der Waals surface area contributed by atoms with Crippen molar-refractivity contribution < 1.29 is 13.2 Å². The molecule has 216 valence electrons. The van der Waals surface area contributed by atoms with E-state index in [-0.39, 0.29) is 23.9 Å². The maximum Gasteiger partial charge on any atom is 0.164 e. The summed E-state index contributed by atoms with van der Waals surface area (Å²) >= 11 is 0. The molecule has 0 radical (unpaired) electrons. The van der Waals surface area contributed by atoms with Gasteiger partial charge in [0.2, 0.25) is 0 Å². The summed E-state index contributed by atoms with van der Waals surface area (Å²) in [6, 6.07) is 8.31. The van der Waals surface area contributed by atoms with E-state index in [1.807, 2.05) is 29.2 Å². The lowest BCUT2D eigenvalue weighted by molar-refractivity contribution is 0.153. The zero-order valence-corrected chi connectivity index (χ0v) is 24.6. The first kappa shape index (κ1) is 27.6. The molecule has 3 atom stereocenters. The maximum absolute atomic E-state index is 11.8. The van der Waals surface area contributed by atoms with Gasteiger partial charge in [-0.05, 0) is 47.9 Å². The number of pyridine rings is 1. The third-order valence-corrected chi connectivity index (χ3v) is 9.14. The first-order chi connectivity index (χ1) is 19.6. The fraction of sp³-hybridized carbons (Fsp3) is 0.448. The molecular formula is C29H36N8O3S. The minimum atomic E-state index is -3.09. The summed E-state index contributed by atoms with van der Waals surface area (Å²) in [5.74, 6) is 2.23. The van der Waals surface area contributed by atoms with Gasteiger partial charge in [0.1, 0.15) is 21.5 Å². The minimum Gasteiger partial charge on any atom is -0.382 e. The Hall–Kier alpha value is -3.61. The number of nitrogens with zero attached hydrogens (tertiary/aromatic N) is 6.